The van der Waals surface area contributed by atoms with Gasteiger partial charge in [0.15, 0.2) is 5.78 Å². The van der Waals surface area contributed by atoms with Gasteiger partial charge in [0.25, 0.3) is 0 Å². The maximum absolute atomic E-state index is 13.3. The lowest BCUT2D eigenvalue weighted by atomic mass is 10.2. The fourth-order valence-electron chi connectivity index (χ4n) is 2.31. The molecule has 7 heteroatoms. The van der Waals surface area contributed by atoms with Crippen molar-refractivity contribution in [3.63, 3.8) is 0 Å². The summed E-state index contributed by atoms with van der Waals surface area (Å²) in [5.74, 6) is -0.840. The molecule has 0 aliphatic rings. The van der Waals surface area contributed by atoms with Gasteiger partial charge < -0.3 is 13.8 Å². The third-order valence-electron chi connectivity index (χ3n) is 3.15. The number of benzene rings is 1. The first-order chi connectivity index (χ1) is 11.0. The summed E-state index contributed by atoms with van der Waals surface area (Å²) < 4.78 is 29.4. The second kappa shape index (κ2) is 9.71. The third kappa shape index (κ3) is 5.06. The number of hydrogen-bond donors (Lipinski definition) is 0. The number of carbonyl (C=O) groups excluding carboxylic acids is 1. The van der Waals surface area contributed by atoms with Gasteiger partial charge in [-0.3, -0.25) is 9.46 Å². The van der Waals surface area contributed by atoms with Gasteiger partial charge in [-0.2, -0.15) is 0 Å². The smallest absolute Gasteiger partial charge is 0.410 e. The van der Waals surface area contributed by atoms with E-state index >= 15 is 0 Å². The highest BCUT2D eigenvalue weighted by Gasteiger charge is 2.43. The Labute approximate surface area is 138 Å². The topological polar surface area (TPSA) is 65.1 Å². The molecule has 1 rings (SSSR count). The number of carbonyl (C=O) groups is 1. The van der Waals surface area contributed by atoms with E-state index in [1.807, 2.05) is 18.2 Å². The lowest BCUT2D eigenvalue weighted by Gasteiger charge is -2.34. The Balaban J connectivity index is 3.35. The second-order valence-electron chi connectivity index (χ2n) is 4.64. The van der Waals surface area contributed by atoms with Crippen LogP contribution in [0.25, 0.3) is 0 Å². The summed E-state index contributed by atoms with van der Waals surface area (Å²) in [6, 6.07) is 9.11. The first kappa shape index (κ1) is 19.7. The molecule has 0 fully saturated rings. The van der Waals surface area contributed by atoms with E-state index in [1.54, 1.807) is 39.8 Å². The number of nitrogens with zero attached hydrogens (tertiary/aromatic N) is 1. The maximum atomic E-state index is 13.3. The molecule has 0 spiro atoms. The fourth-order valence-corrected chi connectivity index (χ4v) is 4.52. The minimum absolute atomic E-state index is 0.223. The standard InChI is InChI=1S/C16H26NO5P/c1-5-17(16(18)20-6-2)15(14-12-10-9-11-13-14)23(19,21-7-3)22-8-4/h9-13,15H,5-8H2,1-4H3/t15-/m0/s1. The summed E-state index contributed by atoms with van der Waals surface area (Å²) in [6.07, 6.45) is -0.538. The van der Waals surface area contributed by atoms with Crippen molar-refractivity contribution in [1.29, 1.82) is 0 Å². The Morgan fingerprint density at radius 3 is 2.04 bits per heavy atom. The molecule has 0 aliphatic heterocycles. The van der Waals surface area contributed by atoms with Crippen molar-refractivity contribution >= 4 is 13.7 Å². The average Bonchev–Trinajstić information content (AvgIpc) is 2.53. The molecule has 0 aromatic heterocycles. The number of amides is 1. The van der Waals surface area contributed by atoms with Crippen LogP contribution >= 0.6 is 7.60 Å². The average molecular weight is 343 g/mol. The Morgan fingerprint density at radius 1 is 1.04 bits per heavy atom. The van der Waals surface area contributed by atoms with Crippen LogP contribution < -0.4 is 0 Å². The molecule has 0 bridgehead atoms. The third-order valence-corrected chi connectivity index (χ3v) is 5.57. The van der Waals surface area contributed by atoms with E-state index in [9.17, 15) is 9.36 Å². The molecule has 1 amide bonds. The van der Waals surface area contributed by atoms with Gasteiger partial charge in [-0.25, -0.2) is 4.79 Å². The van der Waals surface area contributed by atoms with Crippen LogP contribution in [0.1, 0.15) is 39.0 Å². The summed E-state index contributed by atoms with van der Waals surface area (Å²) in [7, 11) is -3.58. The van der Waals surface area contributed by atoms with E-state index in [4.69, 9.17) is 13.8 Å². The molecule has 0 saturated heterocycles. The molecule has 130 valence electrons. The van der Waals surface area contributed by atoms with Crippen molar-refractivity contribution in [3.8, 4) is 0 Å². The van der Waals surface area contributed by atoms with Crippen LogP contribution in [0.4, 0.5) is 4.79 Å². The Bertz CT molecular complexity index is 512. The lowest BCUT2D eigenvalue weighted by molar-refractivity contribution is 0.0942. The van der Waals surface area contributed by atoms with Crippen LogP contribution in [-0.2, 0) is 18.3 Å². The number of rotatable bonds is 9. The van der Waals surface area contributed by atoms with Crippen LogP contribution in [0.5, 0.6) is 0 Å². The van der Waals surface area contributed by atoms with Gasteiger partial charge in [-0.05, 0) is 33.3 Å². The molecule has 23 heavy (non-hydrogen) atoms. The van der Waals surface area contributed by atoms with E-state index in [0.29, 0.717) is 12.1 Å². The van der Waals surface area contributed by atoms with Crippen LogP contribution in [0, 0.1) is 0 Å². The van der Waals surface area contributed by atoms with E-state index in [2.05, 4.69) is 0 Å². The van der Waals surface area contributed by atoms with Gasteiger partial charge in [0.1, 0.15) is 0 Å². The first-order valence-electron chi connectivity index (χ1n) is 7.91. The Morgan fingerprint density at radius 2 is 1.61 bits per heavy atom. The van der Waals surface area contributed by atoms with Crippen LogP contribution in [0.2, 0.25) is 0 Å². The van der Waals surface area contributed by atoms with Crippen molar-refractivity contribution in [2.75, 3.05) is 26.4 Å². The fraction of sp³-hybridized carbons (Fsp3) is 0.562. The van der Waals surface area contributed by atoms with Crippen molar-refractivity contribution in [2.24, 2.45) is 0 Å². The predicted octanol–water partition coefficient (Wildman–Crippen LogP) is 4.43. The van der Waals surface area contributed by atoms with Crippen LogP contribution in [-0.4, -0.2) is 37.4 Å². The van der Waals surface area contributed by atoms with Crippen molar-refractivity contribution in [3.05, 3.63) is 35.9 Å². The van der Waals surface area contributed by atoms with Crippen molar-refractivity contribution in [1.82, 2.24) is 4.90 Å². The molecule has 0 radical (unpaired) electrons. The summed E-state index contributed by atoms with van der Waals surface area (Å²) in [4.78, 5) is 13.7. The van der Waals surface area contributed by atoms with Gasteiger partial charge in [0.05, 0.1) is 19.8 Å². The molecule has 1 atom stereocenters. The van der Waals surface area contributed by atoms with E-state index in [-0.39, 0.29) is 19.8 Å². The van der Waals surface area contributed by atoms with Gasteiger partial charge >= 0.3 is 13.7 Å². The maximum Gasteiger partial charge on any atom is 0.410 e. The van der Waals surface area contributed by atoms with Gasteiger partial charge in [0.2, 0.25) is 0 Å². The highest BCUT2D eigenvalue weighted by Crippen LogP contribution is 2.62. The molecular formula is C16H26NO5P. The molecular weight excluding hydrogens is 317 g/mol. The van der Waals surface area contributed by atoms with Gasteiger partial charge in [-0.1, -0.05) is 30.3 Å². The molecule has 1 aromatic rings. The van der Waals surface area contributed by atoms with E-state index in [0.717, 1.165) is 0 Å². The molecule has 0 aliphatic carbocycles. The first-order valence-corrected chi connectivity index (χ1v) is 9.52. The highest BCUT2D eigenvalue weighted by molar-refractivity contribution is 7.54. The molecule has 1 aromatic carbocycles. The largest absolute Gasteiger partial charge is 0.450 e. The summed E-state index contributed by atoms with van der Waals surface area (Å²) in [5, 5.41) is 0. The minimum atomic E-state index is -3.58. The van der Waals surface area contributed by atoms with Gasteiger partial charge in [-0.15, -0.1) is 0 Å². The molecule has 0 heterocycles. The Hall–Kier alpha value is -1.36. The monoisotopic (exact) mass is 343 g/mol. The SMILES string of the molecule is CCOC(=O)N(CC)[C@H](c1ccccc1)P(=O)(OCC)OCC. The molecule has 0 unspecified atom stereocenters. The summed E-state index contributed by atoms with van der Waals surface area (Å²) in [5.41, 5.74) is 0.688. The normalized spacial score (nSPS) is 12.7. The number of ether oxygens (including phenoxy) is 1. The zero-order valence-electron chi connectivity index (χ0n) is 14.2. The highest BCUT2D eigenvalue weighted by atomic mass is 31.2. The number of hydrogen-bond acceptors (Lipinski definition) is 5. The lowest BCUT2D eigenvalue weighted by Crippen LogP contribution is -2.36. The van der Waals surface area contributed by atoms with Crippen LogP contribution in [0.15, 0.2) is 30.3 Å². The summed E-state index contributed by atoms with van der Waals surface area (Å²) >= 11 is 0. The zero-order valence-corrected chi connectivity index (χ0v) is 15.1. The predicted molar refractivity (Wildman–Crippen MR) is 89.4 cm³/mol. The van der Waals surface area contributed by atoms with Crippen molar-refractivity contribution in [2.45, 2.75) is 33.5 Å². The minimum Gasteiger partial charge on any atom is -0.450 e. The molecule has 0 saturated carbocycles. The zero-order chi connectivity index (χ0) is 17.3. The van der Waals surface area contributed by atoms with E-state index in [1.165, 1.54) is 4.90 Å². The van der Waals surface area contributed by atoms with Gasteiger partial charge in [0, 0.05) is 6.54 Å². The van der Waals surface area contributed by atoms with Crippen LogP contribution in [0.3, 0.4) is 0 Å². The second-order valence-corrected chi connectivity index (χ2v) is 6.73. The Kier molecular flexibility index (Phi) is 8.31. The quantitative estimate of drug-likeness (QED) is 0.621. The summed E-state index contributed by atoms with van der Waals surface area (Å²) in [6.45, 7) is 8.03. The van der Waals surface area contributed by atoms with Crippen molar-refractivity contribution < 1.29 is 23.1 Å². The molecule has 0 N–H and O–H groups in total. The molecule has 6 nitrogen and oxygen atoms in total. The van der Waals surface area contributed by atoms with E-state index < -0.39 is 19.5 Å².